The van der Waals surface area contributed by atoms with Crippen LogP contribution in [0.2, 0.25) is 0 Å². The molecule has 1 rings (SSSR count). The van der Waals surface area contributed by atoms with Gasteiger partial charge >= 0.3 is 5.97 Å². The Morgan fingerprint density at radius 3 is 2.88 bits per heavy atom. The zero-order chi connectivity index (χ0) is 12.7. The molecule has 0 aromatic carbocycles. The molecule has 0 aliphatic heterocycles. The molecule has 0 aliphatic carbocycles. The van der Waals surface area contributed by atoms with Crippen LogP contribution in [0.15, 0.2) is 18.3 Å². The van der Waals surface area contributed by atoms with Crippen molar-refractivity contribution in [3.8, 4) is 0 Å². The van der Waals surface area contributed by atoms with E-state index in [0.29, 0.717) is 12.2 Å². The molecule has 0 saturated carbocycles. The maximum absolute atomic E-state index is 11.6. The number of rotatable bonds is 6. The average molecular weight is 255 g/mol. The van der Waals surface area contributed by atoms with Crippen molar-refractivity contribution in [3.63, 3.8) is 0 Å². The highest BCUT2D eigenvalue weighted by molar-refractivity contribution is 7.98. The van der Waals surface area contributed by atoms with Crippen LogP contribution >= 0.6 is 11.8 Å². The summed E-state index contributed by atoms with van der Waals surface area (Å²) in [6.07, 6.45) is 3.70. The van der Waals surface area contributed by atoms with Gasteiger partial charge in [-0.25, -0.2) is 4.79 Å². The molecule has 92 valence electrons. The zero-order valence-corrected chi connectivity index (χ0v) is 10.1. The first kappa shape index (κ1) is 13.4. The number of amides is 1. The van der Waals surface area contributed by atoms with Gasteiger partial charge in [0.05, 0.1) is 0 Å². The Kier molecular flexibility index (Phi) is 5.41. The van der Waals surface area contributed by atoms with Gasteiger partial charge in [0.15, 0.2) is 5.69 Å². The quantitative estimate of drug-likeness (QED) is 0.765. The van der Waals surface area contributed by atoms with Crippen molar-refractivity contribution in [2.45, 2.75) is 12.5 Å². The van der Waals surface area contributed by atoms with E-state index in [1.165, 1.54) is 24.0 Å². The van der Waals surface area contributed by atoms with E-state index < -0.39 is 17.9 Å². The number of hydrogen-bond acceptors (Lipinski definition) is 5. The van der Waals surface area contributed by atoms with Crippen LogP contribution in [0, 0.1) is 0 Å². The first-order valence-corrected chi connectivity index (χ1v) is 6.35. The molecule has 0 fully saturated rings. The Balaban J connectivity index is 2.61. The van der Waals surface area contributed by atoms with Crippen LogP contribution in [0.4, 0.5) is 0 Å². The van der Waals surface area contributed by atoms with Crippen molar-refractivity contribution in [1.29, 1.82) is 0 Å². The number of nitrogens with zero attached hydrogens (tertiary/aromatic N) is 2. The normalized spacial score (nSPS) is 11.8. The van der Waals surface area contributed by atoms with Crippen molar-refractivity contribution >= 4 is 23.6 Å². The molecule has 0 unspecified atom stereocenters. The molecule has 17 heavy (non-hydrogen) atoms. The van der Waals surface area contributed by atoms with Crippen LogP contribution in [0.1, 0.15) is 16.9 Å². The lowest BCUT2D eigenvalue weighted by atomic mass is 10.2. The van der Waals surface area contributed by atoms with Gasteiger partial charge in [-0.05, 0) is 30.6 Å². The van der Waals surface area contributed by atoms with Crippen molar-refractivity contribution in [1.82, 2.24) is 15.5 Å². The lowest BCUT2D eigenvalue weighted by Crippen LogP contribution is -2.41. The van der Waals surface area contributed by atoms with E-state index in [2.05, 4.69) is 15.5 Å². The van der Waals surface area contributed by atoms with E-state index in [1.54, 1.807) is 6.07 Å². The fraction of sp³-hybridized carbons (Fsp3) is 0.400. The third-order valence-electron chi connectivity index (χ3n) is 2.02. The average Bonchev–Trinajstić information content (AvgIpc) is 2.35. The molecule has 1 aromatic heterocycles. The molecule has 0 bridgehead atoms. The summed E-state index contributed by atoms with van der Waals surface area (Å²) in [5.74, 6) is -0.902. The van der Waals surface area contributed by atoms with Gasteiger partial charge in [-0.2, -0.15) is 16.9 Å². The number of hydrogen-bond donors (Lipinski definition) is 2. The van der Waals surface area contributed by atoms with E-state index in [9.17, 15) is 9.59 Å². The number of thioether (sulfide) groups is 1. The predicted molar refractivity (Wildman–Crippen MR) is 63.9 cm³/mol. The Morgan fingerprint density at radius 1 is 1.59 bits per heavy atom. The summed E-state index contributed by atoms with van der Waals surface area (Å²) in [7, 11) is 0. The van der Waals surface area contributed by atoms with Crippen LogP contribution < -0.4 is 5.32 Å². The molecule has 0 radical (unpaired) electrons. The van der Waals surface area contributed by atoms with Gasteiger partial charge < -0.3 is 10.4 Å². The minimum absolute atomic E-state index is 0.114. The van der Waals surface area contributed by atoms with Crippen LogP contribution in [0.3, 0.4) is 0 Å². The largest absolute Gasteiger partial charge is 0.480 e. The molecule has 7 heteroatoms. The molecule has 6 nitrogen and oxygen atoms in total. The van der Waals surface area contributed by atoms with Gasteiger partial charge in [0, 0.05) is 6.20 Å². The summed E-state index contributed by atoms with van der Waals surface area (Å²) in [5.41, 5.74) is 0.114. The zero-order valence-electron chi connectivity index (χ0n) is 9.29. The molecule has 1 amide bonds. The Bertz CT molecular complexity index is 386. The Hall–Kier alpha value is -1.63. The van der Waals surface area contributed by atoms with Gasteiger partial charge in [-0.3, -0.25) is 4.79 Å². The second-order valence-corrected chi connectivity index (χ2v) is 4.24. The Morgan fingerprint density at radius 2 is 2.35 bits per heavy atom. The topological polar surface area (TPSA) is 92.2 Å². The van der Waals surface area contributed by atoms with Crippen molar-refractivity contribution in [3.05, 3.63) is 24.0 Å². The molecule has 2 N–H and O–H groups in total. The highest BCUT2D eigenvalue weighted by atomic mass is 32.2. The summed E-state index contributed by atoms with van der Waals surface area (Å²) < 4.78 is 0. The number of nitrogens with one attached hydrogen (secondary N) is 1. The minimum atomic E-state index is -1.05. The first-order valence-electron chi connectivity index (χ1n) is 4.95. The standard InChI is InChI=1S/C10H13N3O3S/c1-17-6-4-8(10(15)16)12-9(14)7-3-2-5-11-13-7/h2-3,5,8H,4,6H2,1H3,(H,12,14)(H,15,16)/t8-/m0/s1. The smallest absolute Gasteiger partial charge is 0.326 e. The second-order valence-electron chi connectivity index (χ2n) is 3.25. The maximum atomic E-state index is 11.6. The fourth-order valence-electron chi connectivity index (χ4n) is 1.15. The highest BCUT2D eigenvalue weighted by Crippen LogP contribution is 2.02. The van der Waals surface area contributed by atoms with E-state index in [4.69, 9.17) is 5.11 Å². The van der Waals surface area contributed by atoms with Crippen molar-refractivity contribution in [2.24, 2.45) is 0 Å². The van der Waals surface area contributed by atoms with Gasteiger partial charge in [0.1, 0.15) is 6.04 Å². The molecule has 0 aliphatic rings. The third-order valence-corrected chi connectivity index (χ3v) is 2.66. The number of aromatic nitrogens is 2. The number of carboxylic acid groups (broad SMARTS) is 1. The fourth-order valence-corrected chi connectivity index (χ4v) is 1.62. The predicted octanol–water partition coefficient (Wildman–Crippen LogP) is 0.413. The van der Waals surface area contributed by atoms with E-state index in [1.807, 2.05) is 6.26 Å². The lowest BCUT2D eigenvalue weighted by molar-refractivity contribution is -0.139. The molecule has 1 atom stereocenters. The summed E-state index contributed by atoms with van der Waals surface area (Å²) in [4.78, 5) is 22.6. The molecule has 0 spiro atoms. The molecular weight excluding hydrogens is 242 g/mol. The van der Waals surface area contributed by atoms with Crippen LogP contribution in [-0.4, -0.2) is 45.2 Å². The third kappa shape index (κ3) is 4.39. The van der Waals surface area contributed by atoms with Crippen LogP contribution in [0.25, 0.3) is 0 Å². The number of carboxylic acids is 1. The maximum Gasteiger partial charge on any atom is 0.326 e. The van der Waals surface area contributed by atoms with E-state index in [0.717, 1.165) is 0 Å². The van der Waals surface area contributed by atoms with Gasteiger partial charge in [0.2, 0.25) is 0 Å². The summed E-state index contributed by atoms with van der Waals surface area (Å²) >= 11 is 1.53. The lowest BCUT2D eigenvalue weighted by Gasteiger charge is -2.13. The van der Waals surface area contributed by atoms with Crippen LogP contribution in [0.5, 0.6) is 0 Å². The number of aliphatic carboxylic acids is 1. The summed E-state index contributed by atoms with van der Waals surface area (Å²) in [6, 6.07) is 2.16. The minimum Gasteiger partial charge on any atom is -0.480 e. The summed E-state index contributed by atoms with van der Waals surface area (Å²) in [6.45, 7) is 0. The molecule has 1 heterocycles. The molecule has 0 saturated heterocycles. The molecular formula is C10H13N3O3S. The van der Waals surface area contributed by atoms with E-state index >= 15 is 0 Å². The van der Waals surface area contributed by atoms with Crippen LogP contribution in [-0.2, 0) is 4.79 Å². The van der Waals surface area contributed by atoms with Crippen molar-refractivity contribution < 1.29 is 14.7 Å². The highest BCUT2D eigenvalue weighted by Gasteiger charge is 2.20. The second kappa shape index (κ2) is 6.85. The number of carbonyl (C=O) groups is 2. The van der Waals surface area contributed by atoms with Gasteiger partial charge in [-0.1, -0.05) is 0 Å². The van der Waals surface area contributed by atoms with Gasteiger partial charge in [-0.15, -0.1) is 5.10 Å². The monoisotopic (exact) mass is 255 g/mol. The van der Waals surface area contributed by atoms with E-state index in [-0.39, 0.29) is 5.69 Å². The Labute approximate surface area is 103 Å². The SMILES string of the molecule is CSCC[C@H](NC(=O)c1cccnn1)C(=O)O. The molecule has 1 aromatic rings. The van der Waals surface area contributed by atoms with Crippen molar-refractivity contribution in [2.75, 3.05) is 12.0 Å². The number of carbonyl (C=O) groups excluding carboxylic acids is 1. The first-order chi connectivity index (χ1) is 8.15. The van der Waals surface area contributed by atoms with Gasteiger partial charge in [0.25, 0.3) is 5.91 Å². The summed E-state index contributed by atoms with van der Waals surface area (Å²) in [5, 5.41) is 18.5.